The summed E-state index contributed by atoms with van der Waals surface area (Å²) in [5, 5.41) is 14.9. The average Bonchev–Trinajstić information content (AvgIpc) is 2.62. The number of carbonyl (C=O) groups is 1. The molecule has 0 radical (unpaired) electrons. The molecule has 124 valence electrons. The van der Waals surface area contributed by atoms with Crippen LogP contribution in [0.25, 0.3) is 23.6 Å². The number of rotatable bonds is 4. The molecule has 3 aromatic rings. The number of pyridine rings is 1. The van der Waals surface area contributed by atoms with Crippen LogP contribution in [0.2, 0.25) is 0 Å². The number of carboxylic acid groups (broad SMARTS) is 1. The van der Waals surface area contributed by atoms with Crippen molar-refractivity contribution < 1.29 is 9.90 Å². The highest BCUT2D eigenvalue weighted by molar-refractivity contribution is 6.03. The highest BCUT2D eigenvalue weighted by atomic mass is 16.4. The Morgan fingerprint density at radius 2 is 1.96 bits per heavy atom. The van der Waals surface area contributed by atoms with E-state index in [9.17, 15) is 9.90 Å². The quantitative estimate of drug-likeness (QED) is 0.721. The molecular formula is C20H17N3O2. The fourth-order valence-electron chi connectivity index (χ4n) is 2.62. The zero-order valence-corrected chi connectivity index (χ0v) is 13.7. The summed E-state index contributed by atoms with van der Waals surface area (Å²) >= 11 is 0. The minimum Gasteiger partial charge on any atom is -0.478 e. The van der Waals surface area contributed by atoms with E-state index in [1.165, 1.54) is 0 Å². The number of para-hydroxylation sites is 2. The number of hydrogen-bond donors (Lipinski definition) is 2. The van der Waals surface area contributed by atoms with Gasteiger partial charge in [0.1, 0.15) is 5.82 Å². The molecule has 25 heavy (non-hydrogen) atoms. The maximum absolute atomic E-state index is 11.5. The van der Waals surface area contributed by atoms with Crippen LogP contribution >= 0.6 is 0 Å². The average molecular weight is 331 g/mol. The third-order valence-electron chi connectivity index (χ3n) is 3.82. The summed E-state index contributed by atoms with van der Waals surface area (Å²) in [5.41, 5.74) is 1.41. The maximum atomic E-state index is 11.5. The van der Waals surface area contributed by atoms with Crippen LogP contribution in [0.4, 0.5) is 11.5 Å². The number of nitrogens with one attached hydrogen (secondary N) is 1. The monoisotopic (exact) mass is 331 g/mol. The van der Waals surface area contributed by atoms with Gasteiger partial charge >= 0.3 is 5.97 Å². The van der Waals surface area contributed by atoms with Gasteiger partial charge in [-0.05, 0) is 29.5 Å². The Morgan fingerprint density at radius 3 is 2.64 bits per heavy atom. The van der Waals surface area contributed by atoms with E-state index in [2.05, 4.69) is 21.9 Å². The zero-order valence-electron chi connectivity index (χ0n) is 13.7. The van der Waals surface area contributed by atoms with E-state index in [0.29, 0.717) is 21.9 Å². The van der Waals surface area contributed by atoms with Gasteiger partial charge in [0.15, 0.2) is 0 Å². The lowest BCUT2D eigenvalue weighted by Gasteiger charge is -2.10. The number of fused-ring (bicyclic) bond motifs is 1. The molecule has 0 aliphatic heterocycles. The SMILES string of the molecule is C=c1/c(=C\C=NC)c(Nc2ccccc2)nc2c(C(=O)O)cccc12. The molecule has 0 aliphatic carbocycles. The van der Waals surface area contributed by atoms with Crippen LogP contribution in [-0.2, 0) is 0 Å². The smallest absolute Gasteiger partial charge is 0.337 e. The lowest BCUT2D eigenvalue weighted by atomic mass is 10.1. The van der Waals surface area contributed by atoms with Gasteiger partial charge in [0.25, 0.3) is 0 Å². The van der Waals surface area contributed by atoms with Crippen LogP contribution in [0.5, 0.6) is 0 Å². The number of nitrogens with zero attached hydrogens (tertiary/aromatic N) is 2. The van der Waals surface area contributed by atoms with Crippen molar-refractivity contribution in [3.05, 3.63) is 64.5 Å². The predicted molar refractivity (Wildman–Crippen MR) is 102 cm³/mol. The third-order valence-corrected chi connectivity index (χ3v) is 3.82. The van der Waals surface area contributed by atoms with Gasteiger partial charge < -0.3 is 10.4 Å². The van der Waals surface area contributed by atoms with E-state index in [4.69, 9.17) is 0 Å². The van der Waals surface area contributed by atoms with Gasteiger partial charge in [0.2, 0.25) is 0 Å². The Labute approximate surface area is 144 Å². The van der Waals surface area contributed by atoms with Crippen LogP contribution in [0.15, 0.2) is 53.5 Å². The van der Waals surface area contributed by atoms with Crippen molar-refractivity contribution in [2.24, 2.45) is 4.99 Å². The molecule has 0 bridgehead atoms. The molecule has 2 N–H and O–H groups in total. The second kappa shape index (κ2) is 6.97. The van der Waals surface area contributed by atoms with E-state index >= 15 is 0 Å². The first kappa shape index (κ1) is 16.4. The maximum Gasteiger partial charge on any atom is 0.337 e. The van der Waals surface area contributed by atoms with Crippen molar-refractivity contribution in [3.63, 3.8) is 0 Å². The first-order valence-electron chi connectivity index (χ1n) is 7.71. The molecule has 0 fully saturated rings. The summed E-state index contributed by atoms with van der Waals surface area (Å²) in [6.45, 7) is 4.14. The van der Waals surface area contributed by atoms with Crippen LogP contribution < -0.4 is 15.8 Å². The molecule has 0 saturated heterocycles. The van der Waals surface area contributed by atoms with Crippen molar-refractivity contribution in [3.8, 4) is 0 Å². The van der Waals surface area contributed by atoms with Gasteiger partial charge in [-0.15, -0.1) is 0 Å². The van der Waals surface area contributed by atoms with Crippen LogP contribution in [0.1, 0.15) is 10.4 Å². The Balaban J connectivity index is 2.34. The number of carboxylic acids is 1. The van der Waals surface area contributed by atoms with Gasteiger partial charge in [-0.2, -0.15) is 0 Å². The second-order valence-electron chi connectivity index (χ2n) is 5.42. The molecule has 0 spiro atoms. The summed E-state index contributed by atoms with van der Waals surface area (Å²) in [7, 11) is 1.68. The molecule has 0 aliphatic rings. The number of benzene rings is 2. The number of anilines is 2. The summed E-state index contributed by atoms with van der Waals surface area (Å²) in [6, 6.07) is 14.6. The molecular weight excluding hydrogens is 314 g/mol. The molecule has 0 saturated carbocycles. The van der Waals surface area contributed by atoms with E-state index in [-0.39, 0.29) is 5.56 Å². The molecule has 3 rings (SSSR count). The number of aromatic carboxylic acids is 1. The molecule has 0 amide bonds. The topological polar surface area (TPSA) is 74.6 Å². The fraction of sp³-hybridized carbons (Fsp3) is 0.0500. The number of hydrogen-bond acceptors (Lipinski definition) is 4. The minimum atomic E-state index is -1.02. The van der Waals surface area contributed by atoms with E-state index < -0.39 is 5.97 Å². The summed E-state index contributed by atoms with van der Waals surface area (Å²) in [6.07, 6.45) is 3.47. The van der Waals surface area contributed by atoms with Gasteiger partial charge in [0, 0.05) is 29.6 Å². The Morgan fingerprint density at radius 1 is 1.20 bits per heavy atom. The highest BCUT2D eigenvalue weighted by Gasteiger charge is 2.12. The summed E-state index contributed by atoms with van der Waals surface area (Å²) < 4.78 is 0. The number of aliphatic imine (C=N–C) groups is 1. The van der Waals surface area contributed by atoms with Crippen molar-refractivity contribution >= 4 is 47.2 Å². The van der Waals surface area contributed by atoms with E-state index in [1.807, 2.05) is 42.5 Å². The fourth-order valence-corrected chi connectivity index (χ4v) is 2.62. The zero-order chi connectivity index (χ0) is 17.8. The van der Waals surface area contributed by atoms with E-state index in [1.54, 1.807) is 25.4 Å². The molecule has 5 nitrogen and oxygen atoms in total. The van der Waals surface area contributed by atoms with Crippen LogP contribution in [0, 0.1) is 0 Å². The standard InChI is InChI=1S/C20H17N3O2/c1-13-15-9-6-10-17(20(24)25)18(15)23-19(16(13)11-12-21-2)22-14-7-4-3-5-8-14/h3-12H,1H2,2H3,(H,22,23)(H,24,25)/b16-11+,21-12?. The van der Waals surface area contributed by atoms with Crippen molar-refractivity contribution in [1.82, 2.24) is 4.98 Å². The lowest BCUT2D eigenvalue weighted by molar-refractivity contribution is 0.0699. The highest BCUT2D eigenvalue weighted by Crippen LogP contribution is 2.17. The molecule has 2 aromatic carbocycles. The minimum absolute atomic E-state index is 0.147. The summed E-state index contributed by atoms with van der Waals surface area (Å²) in [5.74, 6) is -0.479. The molecule has 0 atom stereocenters. The number of aromatic nitrogens is 1. The molecule has 5 heteroatoms. The third kappa shape index (κ3) is 3.26. The Kier molecular flexibility index (Phi) is 4.57. The van der Waals surface area contributed by atoms with Crippen molar-refractivity contribution in [2.75, 3.05) is 12.4 Å². The van der Waals surface area contributed by atoms with Gasteiger partial charge in [-0.3, -0.25) is 4.99 Å². The lowest BCUT2D eigenvalue weighted by Crippen LogP contribution is -2.29. The first-order chi connectivity index (χ1) is 12.1. The summed E-state index contributed by atoms with van der Waals surface area (Å²) in [4.78, 5) is 20.1. The largest absolute Gasteiger partial charge is 0.478 e. The van der Waals surface area contributed by atoms with Crippen LogP contribution in [-0.4, -0.2) is 29.3 Å². The predicted octanol–water partition coefficient (Wildman–Crippen LogP) is 2.57. The first-order valence-corrected chi connectivity index (χ1v) is 7.71. The van der Waals surface area contributed by atoms with Crippen molar-refractivity contribution in [1.29, 1.82) is 0 Å². The molecule has 1 aromatic heterocycles. The molecule has 0 unspecified atom stereocenters. The van der Waals surface area contributed by atoms with Gasteiger partial charge in [0.05, 0.1) is 11.1 Å². The van der Waals surface area contributed by atoms with Crippen LogP contribution in [0.3, 0.4) is 0 Å². The second-order valence-corrected chi connectivity index (χ2v) is 5.42. The normalized spacial score (nSPS) is 12.0. The Hall–Kier alpha value is -3.47. The van der Waals surface area contributed by atoms with Gasteiger partial charge in [-0.25, -0.2) is 9.78 Å². The Bertz CT molecular complexity index is 1070. The van der Waals surface area contributed by atoms with Crippen molar-refractivity contribution in [2.45, 2.75) is 0 Å². The van der Waals surface area contributed by atoms with E-state index in [0.717, 1.165) is 10.9 Å². The van der Waals surface area contributed by atoms with Gasteiger partial charge in [-0.1, -0.05) is 36.9 Å². The molecule has 1 heterocycles.